The number of allylic oxidation sites excluding steroid dienone is 24. The molecule has 0 radical (unpaired) electrons. The number of hydrogen-bond acceptors (Lipinski definition) is 6. The Kier molecular flexibility index (Phi) is 59.9. The molecule has 0 bridgehead atoms. The van der Waals surface area contributed by atoms with Gasteiger partial charge in [0.05, 0.1) is 0 Å². The van der Waals surface area contributed by atoms with E-state index in [9.17, 15) is 14.4 Å². The van der Waals surface area contributed by atoms with Crippen LogP contribution >= 0.6 is 0 Å². The lowest BCUT2D eigenvalue weighted by molar-refractivity contribution is -0.167. The zero-order chi connectivity index (χ0) is 55.7. The molecule has 6 heteroatoms. The highest BCUT2D eigenvalue weighted by Gasteiger charge is 2.19. The summed E-state index contributed by atoms with van der Waals surface area (Å²) < 4.78 is 16.8. The first-order valence-electron chi connectivity index (χ1n) is 31.3. The molecule has 6 nitrogen and oxygen atoms in total. The summed E-state index contributed by atoms with van der Waals surface area (Å²) in [5, 5.41) is 0. The Labute approximate surface area is 474 Å². The van der Waals surface area contributed by atoms with Crippen molar-refractivity contribution in [2.24, 2.45) is 0 Å². The fourth-order valence-corrected chi connectivity index (χ4v) is 8.21. The van der Waals surface area contributed by atoms with Gasteiger partial charge in [0.2, 0.25) is 0 Å². The molecule has 0 fully saturated rings. The summed E-state index contributed by atoms with van der Waals surface area (Å²) in [6, 6.07) is 0. The van der Waals surface area contributed by atoms with Gasteiger partial charge in [-0.05, 0) is 122 Å². The number of carbonyl (C=O) groups excluding carboxylic acids is 3. The molecule has 0 heterocycles. The van der Waals surface area contributed by atoms with Crippen molar-refractivity contribution in [3.63, 3.8) is 0 Å². The lowest BCUT2D eigenvalue weighted by Gasteiger charge is -2.18. The van der Waals surface area contributed by atoms with Crippen molar-refractivity contribution in [3.05, 3.63) is 146 Å². The summed E-state index contributed by atoms with van der Waals surface area (Å²) in [6.07, 6.45) is 91.6. The highest BCUT2D eigenvalue weighted by atomic mass is 16.6. The molecule has 0 N–H and O–H groups in total. The Morgan fingerprint density at radius 1 is 0.273 bits per heavy atom. The Morgan fingerprint density at radius 2 is 0.506 bits per heavy atom. The van der Waals surface area contributed by atoms with E-state index in [0.29, 0.717) is 19.3 Å². The number of rotatable bonds is 55. The van der Waals surface area contributed by atoms with Crippen molar-refractivity contribution >= 4 is 17.9 Å². The van der Waals surface area contributed by atoms with E-state index in [-0.39, 0.29) is 31.1 Å². The first-order chi connectivity index (χ1) is 38.0. The van der Waals surface area contributed by atoms with E-state index in [2.05, 4.69) is 167 Å². The van der Waals surface area contributed by atoms with Crippen molar-refractivity contribution in [1.29, 1.82) is 0 Å². The van der Waals surface area contributed by atoms with E-state index in [1.165, 1.54) is 64.2 Å². The monoisotopic (exact) mass is 1060 g/mol. The summed E-state index contributed by atoms with van der Waals surface area (Å²) >= 11 is 0. The summed E-state index contributed by atoms with van der Waals surface area (Å²) in [6.45, 7) is 6.34. The van der Waals surface area contributed by atoms with Crippen LogP contribution in [0.1, 0.15) is 265 Å². The maximum atomic E-state index is 12.8. The van der Waals surface area contributed by atoms with Crippen LogP contribution in [-0.2, 0) is 28.6 Å². The minimum Gasteiger partial charge on any atom is -0.462 e. The number of carbonyl (C=O) groups is 3. The SMILES string of the molecule is CC/C=C\C/C=C\C/C=C\C/C=C\C/C=C\C/C=C\C/C=C\CCCCCCCCCCCC(=O)OCC(COC(=O)CCCCCCCCC)OC(=O)CCCCCCC/C=C\C/C=C\C/C=C\C/C=C\C/C=C\CC. The standard InChI is InChI=1S/C71H114O6/c1-4-7-10-13-16-18-20-22-24-26-28-30-31-32-33-34-35-36-37-38-39-41-42-44-46-48-50-52-55-58-61-64-70(73)76-67-68(66-75-69(72)63-60-57-54-15-12-9-6-3)77-71(74)65-62-59-56-53-51-49-47-45-43-40-29-27-25-23-21-19-17-14-11-8-5-2/h7-8,10-11,16-19,22-25,28-30,32-33,35-36,38-40,45,47,68H,4-6,9,12-15,20-21,26-27,31,34,37,41-44,46,48-67H2,1-3H3/b10-7-,11-8-,18-16-,19-17-,24-22-,25-23-,30-28-,33-32-,36-35-,39-38-,40-29-,47-45-. The molecule has 0 saturated heterocycles. The van der Waals surface area contributed by atoms with Crippen LogP contribution in [0.5, 0.6) is 0 Å². The maximum absolute atomic E-state index is 12.8. The number of esters is 3. The van der Waals surface area contributed by atoms with Gasteiger partial charge in [0.1, 0.15) is 13.2 Å². The van der Waals surface area contributed by atoms with Gasteiger partial charge >= 0.3 is 17.9 Å². The normalized spacial score (nSPS) is 13.1. The Balaban J connectivity index is 4.21. The van der Waals surface area contributed by atoms with Crippen molar-refractivity contribution in [2.75, 3.05) is 13.2 Å². The molecule has 0 amide bonds. The molecular weight excluding hydrogens is 949 g/mol. The van der Waals surface area contributed by atoms with E-state index >= 15 is 0 Å². The molecule has 0 rings (SSSR count). The highest BCUT2D eigenvalue weighted by Crippen LogP contribution is 2.14. The van der Waals surface area contributed by atoms with Crippen LogP contribution in [0.15, 0.2) is 146 Å². The van der Waals surface area contributed by atoms with E-state index < -0.39 is 6.10 Å². The average molecular weight is 1060 g/mol. The predicted molar refractivity (Wildman–Crippen MR) is 334 cm³/mol. The van der Waals surface area contributed by atoms with Crippen LogP contribution in [-0.4, -0.2) is 37.2 Å². The Morgan fingerprint density at radius 3 is 0.792 bits per heavy atom. The van der Waals surface area contributed by atoms with Gasteiger partial charge in [-0.3, -0.25) is 14.4 Å². The fourth-order valence-electron chi connectivity index (χ4n) is 8.21. The second-order valence-corrected chi connectivity index (χ2v) is 20.2. The second-order valence-electron chi connectivity index (χ2n) is 20.2. The third-order valence-corrected chi connectivity index (χ3v) is 12.8. The molecule has 1 atom stereocenters. The van der Waals surface area contributed by atoms with Crippen LogP contribution in [0.3, 0.4) is 0 Å². The lowest BCUT2D eigenvalue weighted by atomic mass is 10.1. The number of ether oxygens (including phenoxy) is 3. The van der Waals surface area contributed by atoms with Crippen LogP contribution in [0.25, 0.3) is 0 Å². The average Bonchev–Trinajstić information content (AvgIpc) is 3.43. The van der Waals surface area contributed by atoms with Gasteiger partial charge in [-0.2, -0.15) is 0 Å². The van der Waals surface area contributed by atoms with Crippen LogP contribution in [0, 0.1) is 0 Å². The Bertz CT molecular complexity index is 1700. The largest absolute Gasteiger partial charge is 0.462 e. The molecule has 0 aromatic carbocycles. The zero-order valence-corrected chi connectivity index (χ0v) is 49.7. The molecule has 0 aliphatic carbocycles. The summed E-state index contributed by atoms with van der Waals surface area (Å²) in [5.41, 5.74) is 0. The van der Waals surface area contributed by atoms with Crippen molar-refractivity contribution in [1.82, 2.24) is 0 Å². The molecule has 0 aliphatic rings. The van der Waals surface area contributed by atoms with E-state index in [1.54, 1.807) is 0 Å². The molecule has 1 unspecified atom stereocenters. The summed E-state index contributed by atoms with van der Waals surface area (Å²) in [7, 11) is 0. The molecular formula is C71H114O6. The van der Waals surface area contributed by atoms with Crippen LogP contribution in [0.2, 0.25) is 0 Å². The molecule has 434 valence electrons. The third kappa shape index (κ3) is 62.0. The van der Waals surface area contributed by atoms with Gasteiger partial charge in [-0.1, -0.05) is 269 Å². The molecule has 0 spiro atoms. The first-order valence-corrected chi connectivity index (χ1v) is 31.3. The van der Waals surface area contributed by atoms with E-state index in [1.807, 2.05) is 0 Å². The second kappa shape index (κ2) is 63.8. The predicted octanol–water partition coefficient (Wildman–Crippen LogP) is 21.5. The molecule has 0 aromatic heterocycles. The van der Waals surface area contributed by atoms with Gasteiger partial charge in [-0.25, -0.2) is 0 Å². The van der Waals surface area contributed by atoms with Crippen molar-refractivity contribution < 1.29 is 28.6 Å². The summed E-state index contributed by atoms with van der Waals surface area (Å²) in [4.78, 5) is 38.1. The number of unbranched alkanes of at least 4 members (excludes halogenated alkanes) is 20. The third-order valence-electron chi connectivity index (χ3n) is 12.8. The topological polar surface area (TPSA) is 78.9 Å². The van der Waals surface area contributed by atoms with Gasteiger partial charge < -0.3 is 14.2 Å². The van der Waals surface area contributed by atoms with Crippen molar-refractivity contribution in [2.45, 2.75) is 271 Å². The summed E-state index contributed by atoms with van der Waals surface area (Å²) in [5.74, 6) is -0.926. The fraction of sp³-hybridized carbons (Fsp3) is 0.620. The van der Waals surface area contributed by atoms with E-state index in [4.69, 9.17) is 14.2 Å². The molecule has 77 heavy (non-hydrogen) atoms. The Hall–Kier alpha value is -4.71. The van der Waals surface area contributed by atoms with Gasteiger partial charge in [-0.15, -0.1) is 0 Å². The van der Waals surface area contributed by atoms with Crippen molar-refractivity contribution in [3.8, 4) is 0 Å². The quantitative estimate of drug-likeness (QED) is 0.0261. The van der Waals surface area contributed by atoms with Gasteiger partial charge in [0.25, 0.3) is 0 Å². The molecule has 0 saturated carbocycles. The smallest absolute Gasteiger partial charge is 0.306 e. The van der Waals surface area contributed by atoms with Crippen LogP contribution < -0.4 is 0 Å². The maximum Gasteiger partial charge on any atom is 0.306 e. The van der Waals surface area contributed by atoms with Crippen LogP contribution in [0.4, 0.5) is 0 Å². The zero-order valence-electron chi connectivity index (χ0n) is 49.7. The van der Waals surface area contributed by atoms with E-state index in [0.717, 1.165) is 161 Å². The lowest BCUT2D eigenvalue weighted by Crippen LogP contribution is -2.30. The number of hydrogen-bond donors (Lipinski definition) is 0. The minimum atomic E-state index is -0.794. The highest BCUT2D eigenvalue weighted by molar-refractivity contribution is 5.71. The molecule has 0 aliphatic heterocycles. The van der Waals surface area contributed by atoms with Gasteiger partial charge in [0, 0.05) is 19.3 Å². The first kappa shape index (κ1) is 72.3. The minimum absolute atomic E-state index is 0.0913. The molecule has 0 aromatic rings. The van der Waals surface area contributed by atoms with Gasteiger partial charge in [0.15, 0.2) is 6.10 Å².